The van der Waals surface area contributed by atoms with Gasteiger partial charge in [-0.2, -0.15) is 0 Å². The van der Waals surface area contributed by atoms with Gasteiger partial charge in [-0.05, 0) is 77.6 Å². The van der Waals surface area contributed by atoms with E-state index in [1.54, 1.807) is 0 Å². The Bertz CT molecular complexity index is 1050. The van der Waals surface area contributed by atoms with Gasteiger partial charge in [-0.25, -0.2) is 0 Å². The smallest absolute Gasteiger partial charge is 0.104 e. The van der Waals surface area contributed by atoms with Gasteiger partial charge in [-0.3, -0.25) is 0 Å². The van der Waals surface area contributed by atoms with Crippen molar-refractivity contribution >= 4 is 0 Å². The Labute approximate surface area is 326 Å². The molecule has 0 radical (unpaired) electrons. The first kappa shape index (κ1) is 43.8. The van der Waals surface area contributed by atoms with Crippen LogP contribution in [0, 0.1) is 22.2 Å². The Balaban J connectivity index is 0.000000139. The molecule has 0 bridgehead atoms. The van der Waals surface area contributed by atoms with Crippen LogP contribution in [0.15, 0.2) is 25.7 Å². The topological polar surface area (TPSA) is 115 Å². The van der Waals surface area contributed by atoms with Crippen LogP contribution in [-0.4, -0.2) is 128 Å². The minimum atomic E-state index is 0.0732. The third-order valence-corrected chi connectivity index (χ3v) is 12.5. The average molecular weight is 767 g/mol. The fourth-order valence-corrected chi connectivity index (χ4v) is 7.47. The van der Waals surface area contributed by atoms with Gasteiger partial charge in [0.15, 0.2) is 0 Å². The van der Waals surface area contributed by atoms with E-state index in [-0.39, 0.29) is 16.6 Å². The molecule has 0 aromatic rings. The van der Waals surface area contributed by atoms with Crippen LogP contribution in [-0.2, 0) is 52.1 Å². The molecule has 6 aliphatic heterocycles. The molecule has 0 aromatic carbocycles. The summed E-state index contributed by atoms with van der Waals surface area (Å²) < 4.78 is 59.4. The molecular weight excluding hydrogens is 692 g/mol. The molecule has 11 nitrogen and oxygen atoms in total. The molecule has 8 fully saturated rings. The number of epoxide rings is 4. The van der Waals surface area contributed by atoms with E-state index in [9.17, 15) is 0 Å². The van der Waals surface area contributed by atoms with Gasteiger partial charge >= 0.3 is 0 Å². The largest absolute Gasteiger partial charge is 0.499 e. The van der Waals surface area contributed by atoms with Crippen LogP contribution in [0.25, 0.3) is 0 Å². The third kappa shape index (κ3) is 14.0. The van der Waals surface area contributed by atoms with Gasteiger partial charge in [-0.1, -0.05) is 40.9 Å². The molecular formula is C43H74O11. The van der Waals surface area contributed by atoms with Crippen molar-refractivity contribution in [3.63, 3.8) is 0 Å². The lowest BCUT2D eigenvalue weighted by atomic mass is 9.77. The van der Waals surface area contributed by atoms with Crippen LogP contribution < -0.4 is 0 Å². The van der Waals surface area contributed by atoms with E-state index in [0.29, 0.717) is 41.3 Å². The van der Waals surface area contributed by atoms with Crippen molar-refractivity contribution in [1.29, 1.82) is 0 Å². The van der Waals surface area contributed by atoms with Crippen molar-refractivity contribution < 1.29 is 52.1 Å². The molecule has 6 saturated heterocycles. The Morgan fingerprint density at radius 1 is 0.685 bits per heavy atom. The maximum Gasteiger partial charge on any atom is 0.104 e. The minimum absolute atomic E-state index is 0.0732. The first-order valence-electron chi connectivity index (χ1n) is 20.9. The van der Waals surface area contributed by atoms with Gasteiger partial charge in [0, 0.05) is 16.2 Å². The summed E-state index contributed by atoms with van der Waals surface area (Å²) in [7, 11) is 0. The molecule has 0 amide bonds. The Morgan fingerprint density at radius 2 is 1.15 bits per heavy atom. The normalized spacial score (nSPS) is 35.9. The second-order valence-corrected chi connectivity index (χ2v) is 18.3. The summed E-state index contributed by atoms with van der Waals surface area (Å²) >= 11 is 0. The van der Waals surface area contributed by atoms with Crippen molar-refractivity contribution in [3.8, 4) is 0 Å². The molecule has 0 N–H and O–H groups in total. The highest BCUT2D eigenvalue weighted by atomic mass is 16.6. The van der Waals surface area contributed by atoms with E-state index in [1.807, 2.05) is 0 Å². The van der Waals surface area contributed by atoms with Gasteiger partial charge in [0.25, 0.3) is 0 Å². The SMILES string of the molecule is C=COC1CCC(OC=C)CC1.CC(C)(COCC1CO1)COCC1CO1.CC1(C2CCC3(C)OC3C2)CO1.CCC1(COCC2(CC)COC2)COC1. The lowest BCUT2D eigenvalue weighted by molar-refractivity contribution is -0.187. The summed E-state index contributed by atoms with van der Waals surface area (Å²) in [5, 5.41) is 0. The second kappa shape index (κ2) is 19.9. The summed E-state index contributed by atoms with van der Waals surface area (Å²) in [6.07, 6.45) is 15.3. The zero-order valence-electron chi connectivity index (χ0n) is 34.6. The van der Waals surface area contributed by atoms with Crippen LogP contribution in [0.3, 0.4) is 0 Å². The highest BCUT2D eigenvalue weighted by Gasteiger charge is 2.60. The lowest BCUT2D eigenvalue weighted by Gasteiger charge is -2.44. The van der Waals surface area contributed by atoms with Crippen LogP contribution in [0.5, 0.6) is 0 Å². The molecule has 8 rings (SSSR count). The minimum Gasteiger partial charge on any atom is -0.499 e. The number of hydrogen-bond acceptors (Lipinski definition) is 11. The molecule has 0 spiro atoms. The van der Waals surface area contributed by atoms with Crippen molar-refractivity contribution in [2.24, 2.45) is 22.2 Å². The van der Waals surface area contributed by atoms with Gasteiger partial charge in [0.1, 0.15) is 12.2 Å². The van der Waals surface area contributed by atoms with E-state index < -0.39 is 0 Å². The third-order valence-electron chi connectivity index (χ3n) is 12.5. The zero-order valence-corrected chi connectivity index (χ0v) is 34.6. The fourth-order valence-electron chi connectivity index (χ4n) is 7.47. The van der Waals surface area contributed by atoms with E-state index in [2.05, 4.69) is 54.7 Å². The summed E-state index contributed by atoms with van der Waals surface area (Å²) in [4.78, 5) is 0. The first-order chi connectivity index (χ1) is 25.9. The maximum absolute atomic E-state index is 5.87. The van der Waals surface area contributed by atoms with Crippen LogP contribution >= 0.6 is 0 Å². The van der Waals surface area contributed by atoms with E-state index in [0.717, 1.165) is 130 Å². The number of fused-ring (bicyclic) bond motifs is 1. The maximum atomic E-state index is 5.87. The predicted molar refractivity (Wildman–Crippen MR) is 206 cm³/mol. The Morgan fingerprint density at radius 3 is 1.48 bits per heavy atom. The van der Waals surface area contributed by atoms with Crippen molar-refractivity contribution in [1.82, 2.24) is 0 Å². The molecule has 8 aliphatic rings. The van der Waals surface area contributed by atoms with Gasteiger partial charge in [0.2, 0.25) is 0 Å². The number of ether oxygens (including phenoxy) is 11. The average Bonchev–Trinajstić information content (AvgIpc) is 3.91. The van der Waals surface area contributed by atoms with Gasteiger partial charge < -0.3 is 52.1 Å². The quantitative estimate of drug-likeness (QED) is 0.0996. The summed E-state index contributed by atoms with van der Waals surface area (Å²) in [6, 6.07) is 0. The number of rotatable bonds is 19. The van der Waals surface area contributed by atoms with E-state index in [4.69, 9.17) is 52.1 Å². The van der Waals surface area contributed by atoms with Gasteiger partial charge in [0.05, 0.1) is 128 Å². The molecule has 0 aromatic heterocycles. The summed E-state index contributed by atoms with van der Waals surface area (Å²) in [5.74, 6) is 0.762. The standard InChI is InChI=1S/C12H22O3.C11H20O4.2C10H16O2/c1-3-11(5-13-6-11)9-15-10-12(4-2)7-14-8-12;1-11(2,7-12-3-9-5-14-9)8-13-4-10-6-15-10;1-9-4-3-7(5-8(9)12-9)10(2)6-11-10;1-3-11-9-5-7-10(8-6-9)12-4-2/h3-10H2,1-2H3;9-10H,3-8H2,1-2H3;7-8H,3-6H2,1-2H3;3-4,9-10H,1-2,5-8H2. The second-order valence-electron chi connectivity index (χ2n) is 18.3. The van der Waals surface area contributed by atoms with E-state index >= 15 is 0 Å². The molecule has 11 heteroatoms. The van der Waals surface area contributed by atoms with Crippen molar-refractivity contribution in [3.05, 3.63) is 25.7 Å². The molecule has 54 heavy (non-hydrogen) atoms. The molecule has 6 unspecified atom stereocenters. The first-order valence-corrected chi connectivity index (χ1v) is 20.9. The van der Waals surface area contributed by atoms with Crippen molar-refractivity contribution in [2.75, 3.05) is 85.9 Å². The fraction of sp³-hybridized carbons (Fsp3) is 0.907. The van der Waals surface area contributed by atoms with Gasteiger partial charge in [-0.15, -0.1) is 0 Å². The zero-order chi connectivity index (χ0) is 38.7. The van der Waals surface area contributed by atoms with Crippen molar-refractivity contribution in [2.45, 2.75) is 141 Å². The molecule has 6 heterocycles. The van der Waals surface area contributed by atoms with Crippen LogP contribution in [0.1, 0.15) is 99.3 Å². The molecule has 2 aliphatic carbocycles. The number of hydrogen-bond donors (Lipinski definition) is 0. The lowest BCUT2D eigenvalue weighted by Crippen LogP contribution is -2.49. The highest BCUT2D eigenvalue weighted by molar-refractivity contribution is 5.08. The highest BCUT2D eigenvalue weighted by Crippen LogP contribution is 2.54. The Kier molecular flexibility index (Phi) is 16.2. The van der Waals surface area contributed by atoms with Crippen LogP contribution in [0.2, 0.25) is 0 Å². The van der Waals surface area contributed by atoms with Crippen LogP contribution in [0.4, 0.5) is 0 Å². The predicted octanol–water partition coefficient (Wildman–Crippen LogP) is 7.05. The summed E-state index contributed by atoms with van der Waals surface area (Å²) in [6.45, 7) is 31.1. The molecule has 6 atom stereocenters. The Hall–Kier alpha value is -1.28. The molecule has 312 valence electrons. The monoisotopic (exact) mass is 767 g/mol. The van der Waals surface area contributed by atoms with E-state index in [1.165, 1.54) is 31.8 Å². The summed E-state index contributed by atoms with van der Waals surface area (Å²) in [5.41, 5.74) is 1.21. The molecule has 2 saturated carbocycles.